The highest BCUT2D eigenvalue weighted by molar-refractivity contribution is 7.22. The molecule has 1 amide bonds. The van der Waals surface area contributed by atoms with Gasteiger partial charge < -0.3 is 9.84 Å². The molecule has 164 valence electrons. The third-order valence-electron chi connectivity index (χ3n) is 5.36. The number of hydrogen-bond acceptors (Lipinski definition) is 7. The van der Waals surface area contributed by atoms with Crippen molar-refractivity contribution in [2.75, 3.05) is 12.0 Å². The topological polar surface area (TPSA) is 92.6 Å². The molecule has 1 N–H and O–H groups in total. The first-order valence-corrected chi connectivity index (χ1v) is 10.7. The first kappa shape index (κ1) is 20.8. The number of methoxy groups -OCH3 is 1. The number of fused-ring (bicyclic) bond motifs is 1. The Labute approximate surface area is 191 Å². The predicted octanol–water partition coefficient (Wildman–Crippen LogP) is 4.47. The van der Waals surface area contributed by atoms with Crippen molar-refractivity contribution >= 4 is 44.1 Å². The molecule has 2 aromatic heterocycles. The second kappa shape index (κ2) is 8.10. The Morgan fingerprint density at radius 2 is 1.94 bits per heavy atom. The molecule has 3 heterocycles. The number of pyridine rings is 1. The molecule has 0 aliphatic carbocycles. The zero-order valence-corrected chi connectivity index (χ0v) is 18.0. The summed E-state index contributed by atoms with van der Waals surface area (Å²) in [5, 5.41) is 11.3. The number of ketones is 1. The lowest BCUT2D eigenvalue weighted by Gasteiger charge is -2.22. The number of hydrogen-bond donors (Lipinski definition) is 1. The van der Waals surface area contributed by atoms with Crippen LogP contribution in [0.4, 0.5) is 9.52 Å². The van der Waals surface area contributed by atoms with Crippen LogP contribution in [0.3, 0.4) is 0 Å². The molecule has 1 fully saturated rings. The molecule has 1 aliphatic heterocycles. The number of thiazole rings is 1. The van der Waals surface area contributed by atoms with Gasteiger partial charge in [-0.25, -0.2) is 9.37 Å². The van der Waals surface area contributed by atoms with E-state index in [0.29, 0.717) is 16.8 Å². The number of anilines is 1. The van der Waals surface area contributed by atoms with Gasteiger partial charge in [0.25, 0.3) is 5.78 Å². The zero-order chi connectivity index (χ0) is 23.1. The summed E-state index contributed by atoms with van der Waals surface area (Å²) in [6.45, 7) is 0. The SMILES string of the molecule is COc1ccc2nc(N3C(=O)C(=O)C(=C(O)c4cccnc4)C3c3ccc(F)cc3)sc2c1. The summed E-state index contributed by atoms with van der Waals surface area (Å²) in [4.78, 5) is 36.1. The maximum atomic E-state index is 13.6. The molecule has 0 spiro atoms. The maximum Gasteiger partial charge on any atom is 0.301 e. The Kier molecular flexibility index (Phi) is 5.10. The van der Waals surface area contributed by atoms with Crippen LogP contribution >= 0.6 is 11.3 Å². The van der Waals surface area contributed by atoms with E-state index in [1.165, 1.54) is 52.9 Å². The molecule has 7 nitrogen and oxygen atoms in total. The van der Waals surface area contributed by atoms with Gasteiger partial charge in [0.15, 0.2) is 5.13 Å². The van der Waals surface area contributed by atoms with Crippen LogP contribution in [0.1, 0.15) is 17.2 Å². The number of Topliss-reactive ketones (excluding diaryl/α,β-unsaturated/α-hetero) is 1. The van der Waals surface area contributed by atoms with Gasteiger partial charge in [0.05, 0.1) is 28.9 Å². The maximum absolute atomic E-state index is 13.6. The molecule has 33 heavy (non-hydrogen) atoms. The van der Waals surface area contributed by atoms with Crippen LogP contribution in [0, 0.1) is 5.82 Å². The molecular weight excluding hydrogens is 445 g/mol. The standard InChI is InChI=1S/C24H16FN3O4S/c1-32-16-8-9-17-18(11-16)33-24(27-17)28-20(13-4-6-15(25)7-5-13)19(22(30)23(28)31)21(29)14-3-2-10-26-12-14/h2-12,20,29H,1H3. The molecule has 1 saturated heterocycles. The van der Waals surface area contributed by atoms with Crippen molar-refractivity contribution in [3.05, 3.63) is 89.5 Å². The number of rotatable bonds is 4. The largest absolute Gasteiger partial charge is 0.507 e. The van der Waals surface area contributed by atoms with Crippen LogP contribution in [0.2, 0.25) is 0 Å². The highest BCUT2D eigenvalue weighted by Crippen LogP contribution is 2.44. The number of carbonyl (C=O) groups excluding carboxylic acids is 2. The average molecular weight is 461 g/mol. The number of aliphatic hydroxyl groups excluding tert-OH is 1. The summed E-state index contributed by atoms with van der Waals surface area (Å²) in [6.07, 6.45) is 2.93. The van der Waals surface area contributed by atoms with Gasteiger partial charge in [0.2, 0.25) is 0 Å². The van der Waals surface area contributed by atoms with Crippen LogP contribution in [-0.2, 0) is 9.59 Å². The number of nitrogens with zero attached hydrogens (tertiary/aromatic N) is 3. The van der Waals surface area contributed by atoms with Gasteiger partial charge >= 0.3 is 5.91 Å². The molecule has 9 heteroatoms. The minimum absolute atomic E-state index is 0.114. The third-order valence-corrected chi connectivity index (χ3v) is 6.37. The second-order valence-electron chi connectivity index (χ2n) is 7.29. The lowest BCUT2D eigenvalue weighted by molar-refractivity contribution is -0.132. The minimum atomic E-state index is -0.992. The number of halogens is 1. The zero-order valence-electron chi connectivity index (χ0n) is 17.2. The van der Waals surface area contributed by atoms with E-state index in [9.17, 15) is 19.1 Å². The van der Waals surface area contributed by atoms with Crippen molar-refractivity contribution in [3.63, 3.8) is 0 Å². The van der Waals surface area contributed by atoms with Crippen molar-refractivity contribution < 1.29 is 23.8 Å². The Bertz CT molecular complexity index is 1420. The highest BCUT2D eigenvalue weighted by Gasteiger charge is 2.48. The summed E-state index contributed by atoms with van der Waals surface area (Å²) in [5.74, 6) is -1.88. The average Bonchev–Trinajstić information content (AvgIpc) is 3.37. The van der Waals surface area contributed by atoms with E-state index in [0.717, 1.165) is 4.70 Å². The van der Waals surface area contributed by atoms with Gasteiger partial charge in [-0.1, -0.05) is 23.5 Å². The van der Waals surface area contributed by atoms with E-state index in [2.05, 4.69) is 9.97 Å². The number of aromatic nitrogens is 2. The molecule has 0 radical (unpaired) electrons. The molecule has 0 saturated carbocycles. The quantitative estimate of drug-likeness (QED) is 0.274. The summed E-state index contributed by atoms with van der Waals surface area (Å²) >= 11 is 1.21. The second-order valence-corrected chi connectivity index (χ2v) is 8.30. The van der Waals surface area contributed by atoms with E-state index in [-0.39, 0.29) is 22.0 Å². The lowest BCUT2D eigenvalue weighted by atomic mass is 9.96. The van der Waals surface area contributed by atoms with Crippen molar-refractivity contribution in [1.29, 1.82) is 0 Å². The fraction of sp³-hybridized carbons (Fsp3) is 0.0833. The Morgan fingerprint density at radius 1 is 1.15 bits per heavy atom. The van der Waals surface area contributed by atoms with Crippen LogP contribution in [0.5, 0.6) is 5.75 Å². The molecule has 2 aromatic carbocycles. The van der Waals surface area contributed by atoms with Crippen LogP contribution in [0.15, 0.2) is 72.6 Å². The Balaban J connectivity index is 1.72. The summed E-state index contributed by atoms with van der Waals surface area (Å²) < 4.78 is 19.7. The minimum Gasteiger partial charge on any atom is -0.507 e. The van der Waals surface area contributed by atoms with Gasteiger partial charge in [-0.15, -0.1) is 0 Å². The van der Waals surface area contributed by atoms with Gasteiger partial charge in [0.1, 0.15) is 17.3 Å². The van der Waals surface area contributed by atoms with Gasteiger partial charge in [-0.05, 0) is 48.0 Å². The fourth-order valence-electron chi connectivity index (χ4n) is 3.77. The van der Waals surface area contributed by atoms with Crippen molar-refractivity contribution in [2.24, 2.45) is 0 Å². The lowest BCUT2D eigenvalue weighted by Crippen LogP contribution is -2.29. The van der Waals surface area contributed by atoms with Crippen molar-refractivity contribution in [2.45, 2.75) is 6.04 Å². The first-order chi connectivity index (χ1) is 16.0. The van der Waals surface area contributed by atoms with E-state index in [4.69, 9.17) is 4.74 Å². The number of benzene rings is 2. The number of amides is 1. The number of ether oxygens (including phenoxy) is 1. The predicted molar refractivity (Wildman–Crippen MR) is 122 cm³/mol. The smallest absolute Gasteiger partial charge is 0.301 e. The third kappa shape index (κ3) is 3.52. The van der Waals surface area contributed by atoms with Crippen LogP contribution < -0.4 is 9.64 Å². The molecule has 1 atom stereocenters. The molecule has 1 unspecified atom stereocenters. The fourth-order valence-corrected chi connectivity index (χ4v) is 4.79. The van der Waals surface area contributed by atoms with E-state index in [1.54, 1.807) is 37.4 Å². The Hall–Kier alpha value is -4.11. The molecule has 1 aliphatic rings. The molecular formula is C24H16FN3O4S. The molecule has 0 bridgehead atoms. The normalized spacial score (nSPS) is 17.6. The van der Waals surface area contributed by atoms with Crippen molar-refractivity contribution in [1.82, 2.24) is 9.97 Å². The number of carbonyl (C=O) groups is 2. The summed E-state index contributed by atoms with van der Waals surface area (Å²) in [7, 11) is 1.55. The van der Waals surface area contributed by atoms with Crippen LogP contribution in [-0.4, -0.2) is 33.9 Å². The van der Waals surface area contributed by atoms with Gasteiger partial charge in [-0.2, -0.15) is 0 Å². The van der Waals surface area contributed by atoms with Gasteiger partial charge in [-0.3, -0.25) is 19.5 Å². The van der Waals surface area contributed by atoms with Gasteiger partial charge in [0, 0.05) is 18.0 Å². The molecule has 5 rings (SSSR count). The molecule has 4 aromatic rings. The van der Waals surface area contributed by atoms with Crippen molar-refractivity contribution in [3.8, 4) is 5.75 Å². The first-order valence-electron chi connectivity index (χ1n) is 9.89. The monoisotopic (exact) mass is 461 g/mol. The van der Waals surface area contributed by atoms with E-state index in [1.807, 2.05) is 0 Å². The summed E-state index contributed by atoms with van der Waals surface area (Å²) in [6, 6.07) is 12.9. The Morgan fingerprint density at radius 3 is 2.64 bits per heavy atom. The van der Waals surface area contributed by atoms with E-state index >= 15 is 0 Å². The number of aliphatic hydroxyl groups is 1. The van der Waals surface area contributed by atoms with Crippen LogP contribution in [0.25, 0.3) is 16.0 Å². The summed E-state index contributed by atoms with van der Waals surface area (Å²) in [5.41, 5.74) is 1.26. The van der Waals surface area contributed by atoms with E-state index < -0.39 is 23.5 Å². The highest BCUT2D eigenvalue weighted by atomic mass is 32.1.